The van der Waals surface area contributed by atoms with Gasteiger partial charge in [0.15, 0.2) is 0 Å². The number of methoxy groups -OCH3 is 1. The molecule has 1 aliphatic rings. The fourth-order valence-corrected chi connectivity index (χ4v) is 2.59. The van der Waals surface area contributed by atoms with E-state index in [4.69, 9.17) is 4.74 Å². The van der Waals surface area contributed by atoms with E-state index in [0.717, 1.165) is 32.1 Å². The molecule has 136 valence electrons. The molecule has 2 atom stereocenters. The second kappa shape index (κ2) is 14.0. The molecule has 0 bridgehead atoms. The van der Waals surface area contributed by atoms with Gasteiger partial charge < -0.3 is 9.47 Å². The summed E-state index contributed by atoms with van der Waals surface area (Å²) in [6, 6.07) is 0. The Labute approximate surface area is 147 Å². The molecule has 1 aliphatic heterocycles. The number of unbranched alkanes of at least 4 members (excludes halogenated alkanes) is 3. The van der Waals surface area contributed by atoms with Crippen LogP contribution in [0.5, 0.6) is 0 Å². The van der Waals surface area contributed by atoms with Gasteiger partial charge in [0, 0.05) is 6.42 Å². The minimum atomic E-state index is -0.130. The van der Waals surface area contributed by atoms with Crippen LogP contribution in [-0.2, 0) is 14.3 Å². The number of carbonyl (C=O) groups is 1. The average molecular weight is 335 g/mol. The summed E-state index contributed by atoms with van der Waals surface area (Å²) in [6.07, 6.45) is 24.6. The van der Waals surface area contributed by atoms with E-state index in [-0.39, 0.29) is 5.97 Å². The maximum Gasteiger partial charge on any atom is 0.305 e. The number of carbonyl (C=O) groups excluding carboxylic acids is 1. The molecule has 0 aromatic carbocycles. The van der Waals surface area contributed by atoms with Gasteiger partial charge in [-0.05, 0) is 44.9 Å². The van der Waals surface area contributed by atoms with E-state index in [1.807, 2.05) is 0 Å². The van der Waals surface area contributed by atoms with Crippen LogP contribution in [-0.4, -0.2) is 25.3 Å². The van der Waals surface area contributed by atoms with Crippen molar-refractivity contribution < 1.29 is 14.3 Å². The molecule has 24 heavy (non-hydrogen) atoms. The lowest BCUT2D eigenvalue weighted by molar-refractivity contribution is -0.140. The van der Waals surface area contributed by atoms with Crippen molar-refractivity contribution in [3.63, 3.8) is 0 Å². The Morgan fingerprint density at radius 3 is 2.38 bits per heavy atom. The quantitative estimate of drug-likeness (QED) is 0.182. The monoisotopic (exact) mass is 334 g/mol. The van der Waals surface area contributed by atoms with Crippen LogP contribution in [0.1, 0.15) is 71.1 Å². The minimum Gasteiger partial charge on any atom is -0.469 e. The summed E-state index contributed by atoms with van der Waals surface area (Å²) in [6.45, 7) is 2.24. The molecule has 0 N–H and O–H groups in total. The Morgan fingerprint density at radius 2 is 1.67 bits per heavy atom. The summed E-state index contributed by atoms with van der Waals surface area (Å²) in [5, 5.41) is 0. The van der Waals surface area contributed by atoms with E-state index in [1.165, 1.54) is 32.8 Å². The number of rotatable bonds is 14. The molecular weight excluding hydrogens is 300 g/mol. The van der Waals surface area contributed by atoms with Crippen LogP contribution in [0.4, 0.5) is 0 Å². The van der Waals surface area contributed by atoms with Crippen molar-refractivity contribution >= 4 is 5.97 Å². The van der Waals surface area contributed by atoms with Gasteiger partial charge in [-0.25, -0.2) is 0 Å². The van der Waals surface area contributed by atoms with Crippen molar-refractivity contribution in [1.82, 2.24) is 0 Å². The standard InChI is InChI=1S/C21H34O3/c1-3-4-5-6-7-8-9-10-11-12-13-14-16-19-20(24-19)17-15-18-21(22)23-2/h7-8,10-11,13-14,19-20H,3-6,9,12,15-18H2,1-2H3/b8-7-,11-10-,14-13-/t19-,20-/m0/s1. The summed E-state index contributed by atoms with van der Waals surface area (Å²) in [4.78, 5) is 11.0. The van der Waals surface area contributed by atoms with Gasteiger partial charge in [-0.2, -0.15) is 0 Å². The maximum absolute atomic E-state index is 11.0. The van der Waals surface area contributed by atoms with Gasteiger partial charge in [-0.15, -0.1) is 0 Å². The summed E-state index contributed by atoms with van der Waals surface area (Å²) in [7, 11) is 1.43. The predicted molar refractivity (Wildman–Crippen MR) is 99.9 cm³/mol. The third-order valence-electron chi connectivity index (χ3n) is 4.17. The van der Waals surface area contributed by atoms with E-state index in [1.54, 1.807) is 0 Å². The zero-order chi connectivity index (χ0) is 17.5. The third-order valence-corrected chi connectivity index (χ3v) is 4.17. The highest BCUT2D eigenvalue weighted by Gasteiger charge is 2.36. The van der Waals surface area contributed by atoms with Gasteiger partial charge in [-0.1, -0.05) is 56.2 Å². The van der Waals surface area contributed by atoms with Gasteiger partial charge in [-0.3, -0.25) is 4.79 Å². The summed E-state index contributed by atoms with van der Waals surface area (Å²) in [5.41, 5.74) is 0. The molecule has 0 aromatic heterocycles. The zero-order valence-electron chi connectivity index (χ0n) is 15.4. The molecule has 0 unspecified atom stereocenters. The van der Waals surface area contributed by atoms with Crippen molar-refractivity contribution in [3.05, 3.63) is 36.5 Å². The normalized spacial score (nSPS) is 20.4. The minimum absolute atomic E-state index is 0.130. The lowest BCUT2D eigenvalue weighted by Gasteiger charge is -1.96. The van der Waals surface area contributed by atoms with E-state index in [2.05, 4.69) is 48.1 Å². The Balaban J connectivity index is 1.92. The molecule has 0 saturated carbocycles. The second-order valence-electron chi connectivity index (χ2n) is 6.30. The number of esters is 1. The first-order chi connectivity index (χ1) is 11.8. The number of ether oxygens (including phenoxy) is 2. The van der Waals surface area contributed by atoms with Crippen molar-refractivity contribution in [3.8, 4) is 0 Å². The Kier molecular flexibility index (Phi) is 12.1. The van der Waals surface area contributed by atoms with Gasteiger partial charge in [0.2, 0.25) is 0 Å². The van der Waals surface area contributed by atoms with E-state index >= 15 is 0 Å². The van der Waals surface area contributed by atoms with Crippen LogP contribution in [0.3, 0.4) is 0 Å². The van der Waals surface area contributed by atoms with Gasteiger partial charge >= 0.3 is 5.97 Å². The van der Waals surface area contributed by atoms with E-state index in [9.17, 15) is 4.79 Å². The molecule has 1 fully saturated rings. The Hall–Kier alpha value is -1.35. The molecule has 0 aliphatic carbocycles. The largest absolute Gasteiger partial charge is 0.469 e. The highest BCUT2D eigenvalue weighted by molar-refractivity contribution is 5.68. The van der Waals surface area contributed by atoms with Gasteiger partial charge in [0.25, 0.3) is 0 Å². The fraction of sp³-hybridized carbons (Fsp3) is 0.667. The maximum atomic E-state index is 11.0. The third kappa shape index (κ3) is 11.2. The summed E-state index contributed by atoms with van der Waals surface area (Å²) in [5.74, 6) is -0.130. The van der Waals surface area contributed by atoms with E-state index in [0.29, 0.717) is 18.6 Å². The molecule has 1 rings (SSSR count). The molecule has 3 nitrogen and oxygen atoms in total. The molecular formula is C21H34O3. The summed E-state index contributed by atoms with van der Waals surface area (Å²) >= 11 is 0. The Bertz CT molecular complexity index is 409. The first-order valence-electron chi connectivity index (χ1n) is 9.45. The molecule has 0 aromatic rings. The van der Waals surface area contributed by atoms with Gasteiger partial charge in [0.1, 0.15) is 0 Å². The van der Waals surface area contributed by atoms with E-state index < -0.39 is 0 Å². The smallest absolute Gasteiger partial charge is 0.305 e. The van der Waals surface area contributed by atoms with Crippen molar-refractivity contribution in [2.75, 3.05) is 7.11 Å². The topological polar surface area (TPSA) is 38.8 Å². The van der Waals surface area contributed by atoms with Crippen LogP contribution in [0.2, 0.25) is 0 Å². The lowest BCUT2D eigenvalue weighted by Crippen LogP contribution is -2.01. The average Bonchev–Trinajstić information content (AvgIpc) is 3.34. The second-order valence-corrected chi connectivity index (χ2v) is 6.30. The van der Waals surface area contributed by atoms with Crippen LogP contribution in [0.25, 0.3) is 0 Å². The van der Waals surface area contributed by atoms with Gasteiger partial charge in [0.05, 0.1) is 19.3 Å². The van der Waals surface area contributed by atoms with Crippen molar-refractivity contribution in [2.24, 2.45) is 0 Å². The molecule has 3 heteroatoms. The van der Waals surface area contributed by atoms with Crippen LogP contribution in [0, 0.1) is 0 Å². The highest BCUT2D eigenvalue weighted by Crippen LogP contribution is 2.30. The summed E-state index contributed by atoms with van der Waals surface area (Å²) < 4.78 is 10.2. The number of hydrogen-bond acceptors (Lipinski definition) is 3. The lowest BCUT2D eigenvalue weighted by atomic mass is 10.1. The van der Waals surface area contributed by atoms with Crippen molar-refractivity contribution in [2.45, 2.75) is 83.3 Å². The predicted octanol–water partition coefficient (Wildman–Crippen LogP) is 5.52. The molecule has 1 saturated heterocycles. The Morgan fingerprint density at radius 1 is 0.958 bits per heavy atom. The molecule has 0 amide bonds. The van der Waals surface area contributed by atoms with Crippen LogP contribution in [0.15, 0.2) is 36.5 Å². The fourth-order valence-electron chi connectivity index (χ4n) is 2.59. The zero-order valence-corrected chi connectivity index (χ0v) is 15.4. The van der Waals surface area contributed by atoms with Crippen LogP contribution < -0.4 is 0 Å². The molecule has 1 heterocycles. The highest BCUT2D eigenvalue weighted by atomic mass is 16.6. The molecule has 0 radical (unpaired) electrons. The first kappa shape index (κ1) is 20.7. The van der Waals surface area contributed by atoms with Crippen molar-refractivity contribution in [1.29, 1.82) is 0 Å². The number of epoxide rings is 1. The number of hydrogen-bond donors (Lipinski definition) is 0. The first-order valence-corrected chi connectivity index (χ1v) is 9.45. The number of allylic oxidation sites excluding steroid dienone is 5. The SMILES string of the molecule is CCCCC/C=C\C/C=C\C/C=C\C[C@@H]1O[C@H]1CCCC(=O)OC. The van der Waals surface area contributed by atoms with Crippen LogP contribution >= 0.6 is 0 Å². The molecule has 0 spiro atoms.